The number of hydrogen-bond donors (Lipinski definition) is 0. The normalized spacial score (nSPS) is 44.6. The van der Waals surface area contributed by atoms with Crippen molar-refractivity contribution < 1.29 is 4.12 Å². The maximum Gasteiger partial charge on any atom is 0.179 e. The molecular weight excluding hydrogens is 240 g/mol. The fraction of sp³-hybridized carbons (Fsp3) is 1.00. The van der Waals surface area contributed by atoms with Crippen molar-refractivity contribution in [1.29, 1.82) is 0 Å². The van der Waals surface area contributed by atoms with Gasteiger partial charge in [-0.3, -0.25) is 0 Å². The minimum atomic E-state index is -1.46. The van der Waals surface area contributed by atoms with Gasteiger partial charge in [0.05, 0.1) is 0 Å². The van der Waals surface area contributed by atoms with E-state index in [0.29, 0.717) is 5.04 Å². The van der Waals surface area contributed by atoms with E-state index in [1.165, 1.54) is 19.3 Å². The molecule has 4 fully saturated rings. The van der Waals surface area contributed by atoms with Gasteiger partial charge in [-0.2, -0.15) is 0 Å². The Kier molecular flexibility index (Phi) is 2.88. The molecule has 4 rings (SSSR count). The Balaban J connectivity index is 1.86. The summed E-state index contributed by atoms with van der Waals surface area (Å²) in [7, 11) is -2.32. The lowest BCUT2D eigenvalue weighted by atomic mass is 9.56. The van der Waals surface area contributed by atoms with Crippen molar-refractivity contribution in [3.8, 4) is 0 Å². The van der Waals surface area contributed by atoms with Gasteiger partial charge in [-0.05, 0) is 87.5 Å². The first-order valence-corrected chi connectivity index (χ1v) is 13.3. The molecule has 3 heteroatoms. The highest BCUT2D eigenvalue weighted by Crippen LogP contribution is 2.67. The van der Waals surface area contributed by atoms with Crippen LogP contribution in [0.1, 0.15) is 38.5 Å². The molecule has 0 aromatic carbocycles. The molecule has 4 saturated carbocycles. The molecule has 1 nitrogen and oxygen atoms in total. The smallest absolute Gasteiger partial charge is 0.179 e. The van der Waals surface area contributed by atoms with Crippen LogP contribution in [0.5, 0.6) is 0 Å². The summed E-state index contributed by atoms with van der Waals surface area (Å²) in [6, 6.07) is 0. The van der Waals surface area contributed by atoms with E-state index < -0.39 is 17.4 Å². The second kappa shape index (κ2) is 3.94. The fourth-order valence-corrected chi connectivity index (χ4v) is 13.6. The first kappa shape index (κ1) is 12.4. The Bertz CT molecular complexity index is 276. The Morgan fingerprint density at radius 3 is 1.71 bits per heavy atom. The molecular formula is C14H28OSi2. The van der Waals surface area contributed by atoms with Crippen LogP contribution in [-0.4, -0.2) is 17.4 Å². The summed E-state index contributed by atoms with van der Waals surface area (Å²) in [6.07, 6.45) is 9.26. The van der Waals surface area contributed by atoms with Crippen LogP contribution in [0.4, 0.5) is 0 Å². The Morgan fingerprint density at radius 2 is 1.35 bits per heavy atom. The molecule has 0 unspecified atom stereocenters. The van der Waals surface area contributed by atoms with Crippen molar-refractivity contribution in [2.75, 3.05) is 0 Å². The lowest BCUT2D eigenvalue weighted by molar-refractivity contribution is 0.0197. The van der Waals surface area contributed by atoms with Crippen molar-refractivity contribution in [2.45, 2.75) is 69.8 Å². The SMILES string of the molecule is C[SiH](C)O[Si](C)(C)C12CC3CC(CC(C3)C1)C2. The largest absolute Gasteiger partial charge is 0.458 e. The van der Waals surface area contributed by atoms with Crippen LogP contribution in [-0.2, 0) is 4.12 Å². The molecule has 0 atom stereocenters. The van der Waals surface area contributed by atoms with E-state index >= 15 is 0 Å². The standard InChI is InChI=1S/C14H28OSi2/c1-16(2)15-17(3,4)14-8-11-5-12(9-14)7-13(6-11)10-14/h11-13,16H,5-10H2,1-4H3. The Hall–Kier alpha value is 0.394. The molecule has 0 aliphatic heterocycles. The Labute approximate surface area is 109 Å². The molecule has 0 spiro atoms. The quantitative estimate of drug-likeness (QED) is 0.698. The van der Waals surface area contributed by atoms with Crippen molar-refractivity contribution in [1.82, 2.24) is 0 Å². The molecule has 4 bridgehead atoms. The second-order valence-electron chi connectivity index (χ2n) is 7.87. The summed E-state index contributed by atoms with van der Waals surface area (Å²) in [5.74, 6) is 3.22. The summed E-state index contributed by atoms with van der Waals surface area (Å²) >= 11 is 0. The maximum atomic E-state index is 6.60. The third-order valence-corrected chi connectivity index (χ3v) is 13.3. The predicted octanol–water partition coefficient (Wildman–Crippen LogP) is 4.16. The molecule has 0 N–H and O–H groups in total. The topological polar surface area (TPSA) is 9.23 Å². The predicted molar refractivity (Wildman–Crippen MR) is 78.3 cm³/mol. The van der Waals surface area contributed by atoms with Crippen LogP contribution in [0.15, 0.2) is 0 Å². The third-order valence-electron chi connectivity index (χ3n) is 5.85. The first-order valence-electron chi connectivity index (χ1n) is 7.58. The van der Waals surface area contributed by atoms with E-state index in [9.17, 15) is 0 Å². The highest BCUT2D eigenvalue weighted by atomic mass is 28.4. The summed E-state index contributed by atoms with van der Waals surface area (Å²) < 4.78 is 6.60. The second-order valence-corrected chi connectivity index (χ2v) is 15.0. The van der Waals surface area contributed by atoms with Gasteiger partial charge in [0, 0.05) is 0 Å². The van der Waals surface area contributed by atoms with Gasteiger partial charge in [-0.25, -0.2) is 0 Å². The van der Waals surface area contributed by atoms with E-state index in [1.807, 2.05) is 0 Å². The molecule has 4 aliphatic rings. The summed E-state index contributed by atoms with van der Waals surface area (Å²) in [5.41, 5.74) is 0. The van der Waals surface area contributed by atoms with Crippen LogP contribution < -0.4 is 0 Å². The average molecular weight is 269 g/mol. The van der Waals surface area contributed by atoms with Crippen LogP contribution >= 0.6 is 0 Å². The molecule has 17 heavy (non-hydrogen) atoms. The van der Waals surface area contributed by atoms with Gasteiger partial charge in [-0.15, -0.1) is 0 Å². The summed E-state index contributed by atoms with van der Waals surface area (Å²) in [6.45, 7) is 9.78. The minimum absolute atomic E-state index is 0.680. The van der Waals surface area contributed by atoms with Crippen molar-refractivity contribution in [2.24, 2.45) is 17.8 Å². The van der Waals surface area contributed by atoms with Crippen LogP contribution in [0.25, 0.3) is 0 Å². The summed E-state index contributed by atoms with van der Waals surface area (Å²) in [5, 5.41) is 0.680. The van der Waals surface area contributed by atoms with E-state index in [1.54, 1.807) is 19.3 Å². The molecule has 0 amide bonds. The fourth-order valence-electron chi connectivity index (χ4n) is 5.56. The van der Waals surface area contributed by atoms with Crippen molar-refractivity contribution in [3.05, 3.63) is 0 Å². The highest BCUT2D eigenvalue weighted by molar-refractivity contribution is 6.80. The van der Waals surface area contributed by atoms with Gasteiger partial charge in [0.25, 0.3) is 0 Å². The highest BCUT2D eigenvalue weighted by Gasteiger charge is 2.58. The number of hydrogen-bond acceptors (Lipinski definition) is 1. The van der Waals surface area contributed by atoms with Gasteiger partial charge < -0.3 is 4.12 Å². The van der Waals surface area contributed by atoms with Gasteiger partial charge >= 0.3 is 0 Å². The lowest BCUT2D eigenvalue weighted by Gasteiger charge is -2.61. The Morgan fingerprint density at radius 1 is 0.941 bits per heavy atom. The molecule has 0 radical (unpaired) electrons. The van der Waals surface area contributed by atoms with E-state index in [2.05, 4.69) is 26.2 Å². The van der Waals surface area contributed by atoms with Gasteiger partial charge in [0.1, 0.15) is 0 Å². The molecule has 4 aliphatic carbocycles. The van der Waals surface area contributed by atoms with Crippen molar-refractivity contribution in [3.63, 3.8) is 0 Å². The molecule has 0 saturated heterocycles. The van der Waals surface area contributed by atoms with Crippen molar-refractivity contribution >= 4 is 17.4 Å². The molecule has 0 aromatic rings. The lowest BCUT2D eigenvalue weighted by Crippen LogP contribution is -2.56. The zero-order valence-corrected chi connectivity index (χ0v) is 14.1. The monoisotopic (exact) mass is 268 g/mol. The molecule has 0 heterocycles. The number of rotatable bonds is 3. The van der Waals surface area contributed by atoms with E-state index in [4.69, 9.17) is 4.12 Å². The third kappa shape index (κ3) is 1.98. The van der Waals surface area contributed by atoms with Crippen LogP contribution in [0.3, 0.4) is 0 Å². The zero-order valence-electron chi connectivity index (χ0n) is 12.0. The zero-order chi connectivity index (χ0) is 12.3. The maximum absolute atomic E-state index is 6.60. The first-order chi connectivity index (χ1) is 7.90. The molecule has 98 valence electrons. The average Bonchev–Trinajstić information content (AvgIpc) is 2.12. The molecule has 0 aromatic heterocycles. The van der Waals surface area contributed by atoms with Crippen LogP contribution in [0.2, 0.25) is 31.2 Å². The van der Waals surface area contributed by atoms with Gasteiger partial charge in [0.2, 0.25) is 0 Å². The summed E-state index contributed by atoms with van der Waals surface area (Å²) in [4.78, 5) is 0. The van der Waals surface area contributed by atoms with Gasteiger partial charge in [-0.1, -0.05) is 0 Å². The van der Waals surface area contributed by atoms with E-state index in [0.717, 1.165) is 17.8 Å². The van der Waals surface area contributed by atoms with Crippen LogP contribution in [0, 0.1) is 17.8 Å². The van der Waals surface area contributed by atoms with E-state index in [-0.39, 0.29) is 0 Å². The van der Waals surface area contributed by atoms with Gasteiger partial charge in [0.15, 0.2) is 17.4 Å². The minimum Gasteiger partial charge on any atom is -0.458 e.